The first kappa shape index (κ1) is 15.6. The molecular weight excluding hydrogens is 264 g/mol. The number of esters is 1. The SMILES string of the molecule is COc1ccccc1COC(=O)[C@@H]1[C@H](C=C(C)C)C1(C)C. The van der Waals surface area contributed by atoms with Crippen molar-refractivity contribution in [1.82, 2.24) is 0 Å². The van der Waals surface area contributed by atoms with Crippen LogP contribution in [0.4, 0.5) is 0 Å². The molecule has 114 valence electrons. The van der Waals surface area contributed by atoms with Crippen molar-refractivity contribution in [2.45, 2.75) is 34.3 Å². The Labute approximate surface area is 127 Å². The van der Waals surface area contributed by atoms with Crippen LogP contribution in [0.3, 0.4) is 0 Å². The van der Waals surface area contributed by atoms with Gasteiger partial charge in [-0.2, -0.15) is 0 Å². The Morgan fingerprint density at radius 1 is 1.29 bits per heavy atom. The molecule has 0 saturated heterocycles. The summed E-state index contributed by atoms with van der Waals surface area (Å²) in [5, 5.41) is 0. The lowest BCUT2D eigenvalue weighted by molar-refractivity contribution is -0.147. The third-order valence-corrected chi connectivity index (χ3v) is 4.24. The van der Waals surface area contributed by atoms with Crippen molar-refractivity contribution in [3.8, 4) is 5.75 Å². The average Bonchev–Trinajstić information content (AvgIpc) is 2.96. The summed E-state index contributed by atoms with van der Waals surface area (Å²) >= 11 is 0. The number of rotatable bonds is 5. The molecule has 1 saturated carbocycles. The highest BCUT2D eigenvalue weighted by molar-refractivity contribution is 5.78. The molecule has 0 heterocycles. The Morgan fingerprint density at radius 3 is 2.57 bits per heavy atom. The van der Waals surface area contributed by atoms with E-state index in [1.807, 2.05) is 24.3 Å². The third kappa shape index (κ3) is 3.29. The van der Waals surface area contributed by atoms with Crippen LogP contribution in [0.25, 0.3) is 0 Å². The second-order valence-corrected chi connectivity index (χ2v) is 6.49. The van der Waals surface area contributed by atoms with Crippen LogP contribution < -0.4 is 4.74 Å². The number of carbonyl (C=O) groups is 1. The van der Waals surface area contributed by atoms with Crippen LogP contribution in [-0.4, -0.2) is 13.1 Å². The van der Waals surface area contributed by atoms with Crippen molar-refractivity contribution < 1.29 is 14.3 Å². The first-order valence-corrected chi connectivity index (χ1v) is 7.31. The van der Waals surface area contributed by atoms with Gasteiger partial charge in [-0.05, 0) is 31.2 Å². The van der Waals surface area contributed by atoms with Crippen molar-refractivity contribution in [3.05, 3.63) is 41.5 Å². The van der Waals surface area contributed by atoms with E-state index >= 15 is 0 Å². The van der Waals surface area contributed by atoms with E-state index in [9.17, 15) is 4.79 Å². The molecule has 2 atom stereocenters. The average molecular weight is 288 g/mol. The summed E-state index contributed by atoms with van der Waals surface area (Å²) in [5.41, 5.74) is 2.13. The monoisotopic (exact) mass is 288 g/mol. The van der Waals surface area contributed by atoms with Crippen molar-refractivity contribution in [1.29, 1.82) is 0 Å². The molecule has 0 unspecified atom stereocenters. The van der Waals surface area contributed by atoms with Gasteiger partial charge in [-0.15, -0.1) is 0 Å². The van der Waals surface area contributed by atoms with Crippen molar-refractivity contribution in [2.24, 2.45) is 17.3 Å². The Morgan fingerprint density at radius 2 is 1.95 bits per heavy atom. The lowest BCUT2D eigenvalue weighted by Gasteiger charge is -2.09. The number of benzene rings is 1. The largest absolute Gasteiger partial charge is 0.496 e. The number of ether oxygens (including phenoxy) is 2. The molecule has 3 nitrogen and oxygen atoms in total. The Bertz CT molecular complexity index is 553. The zero-order valence-corrected chi connectivity index (χ0v) is 13.5. The number of para-hydroxylation sites is 1. The van der Waals surface area contributed by atoms with E-state index in [2.05, 4.69) is 33.8 Å². The Balaban J connectivity index is 1.99. The molecule has 1 fully saturated rings. The third-order valence-electron chi connectivity index (χ3n) is 4.24. The molecule has 0 N–H and O–H groups in total. The lowest BCUT2D eigenvalue weighted by Crippen LogP contribution is -2.11. The van der Waals surface area contributed by atoms with Crippen LogP contribution >= 0.6 is 0 Å². The highest BCUT2D eigenvalue weighted by Gasteiger charge is 2.61. The molecule has 2 rings (SSSR count). The van der Waals surface area contributed by atoms with E-state index in [4.69, 9.17) is 9.47 Å². The molecule has 0 aliphatic heterocycles. The minimum atomic E-state index is -0.117. The van der Waals surface area contributed by atoms with Gasteiger partial charge in [-0.25, -0.2) is 0 Å². The predicted molar refractivity (Wildman–Crippen MR) is 83.0 cm³/mol. The summed E-state index contributed by atoms with van der Waals surface area (Å²) in [6.45, 7) is 8.62. The Hall–Kier alpha value is -1.77. The maximum Gasteiger partial charge on any atom is 0.310 e. The maximum absolute atomic E-state index is 12.3. The summed E-state index contributed by atoms with van der Waals surface area (Å²) in [5.74, 6) is 0.879. The standard InChI is InChI=1S/C18H24O3/c1-12(2)10-14-16(18(14,3)4)17(19)21-11-13-8-6-7-9-15(13)20-5/h6-10,14,16H,11H2,1-5H3/t14-,16-/m0/s1. The van der Waals surface area contributed by atoms with Crippen LogP contribution in [0.1, 0.15) is 33.3 Å². The van der Waals surface area contributed by atoms with Crippen molar-refractivity contribution in [3.63, 3.8) is 0 Å². The summed E-state index contributed by atoms with van der Waals surface area (Å²) < 4.78 is 10.8. The van der Waals surface area contributed by atoms with Gasteiger partial charge in [-0.1, -0.05) is 43.7 Å². The summed E-state index contributed by atoms with van der Waals surface area (Å²) in [6.07, 6.45) is 2.18. The van der Waals surface area contributed by atoms with Crippen LogP contribution in [0.2, 0.25) is 0 Å². The van der Waals surface area contributed by atoms with Crippen LogP contribution in [0, 0.1) is 17.3 Å². The second-order valence-electron chi connectivity index (χ2n) is 6.49. The quantitative estimate of drug-likeness (QED) is 0.607. The van der Waals surface area contributed by atoms with Gasteiger partial charge in [0.15, 0.2) is 0 Å². The number of hydrogen-bond acceptors (Lipinski definition) is 3. The van der Waals surface area contributed by atoms with E-state index < -0.39 is 0 Å². The molecule has 1 aromatic carbocycles. The first-order chi connectivity index (χ1) is 9.87. The Kier molecular flexibility index (Phi) is 4.40. The number of carbonyl (C=O) groups excluding carboxylic acids is 1. The van der Waals surface area contributed by atoms with Gasteiger partial charge in [0.25, 0.3) is 0 Å². The zero-order chi connectivity index (χ0) is 15.6. The zero-order valence-electron chi connectivity index (χ0n) is 13.5. The minimum absolute atomic E-state index is 0.00483. The second kappa shape index (κ2) is 5.92. The van der Waals surface area contributed by atoms with E-state index in [1.54, 1.807) is 7.11 Å². The fraction of sp³-hybridized carbons (Fsp3) is 0.500. The molecular formula is C18H24O3. The number of allylic oxidation sites excluding steroid dienone is 2. The maximum atomic E-state index is 12.3. The van der Waals surface area contributed by atoms with E-state index in [1.165, 1.54) is 5.57 Å². The molecule has 1 aliphatic carbocycles. The molecule has 1 aliphatic rings. The van der Waals surface area contributed by atoms with Gasteiger partial charge in [0, 0.05) is 5.56 Å². The predicted octanol–water partition coefficient (Wildman–Crippen LogP) is 3.98. The van der Waals surface area contributed by atoms with E-state index in [0.29, 0.717) is 0 Å². The first-order valence-electron chi connectivity index (χ1n) is 7.31. The van der Waals surface area contributed by atoms with Crippen LogP contribution in [0.15, 0.2) is 35.9 Å². The van der Waals surface area contributed by atoms with Crippen molar-refractivity contribution in [2.75, 3.05) is 7.11 Å². The van der Waals surface area contributed by atoms with Gasteiger partial charge >= 0.3 is 5.97 Å². The molecule has 0 radical (unpaired) electrons. The van der Waals surface area contributed by atoms with Crippen molar-refractivity contribution >= 4 is 5.97 Å². The molecule has 21 heavy (non-hydrogen) atoms. The van der Waals surface area contributed by atoms with Crippen LogP contribution in [0.5, 0.6) is 5.75 Å². The van der Waals surface area contributed by atoms with Gasteiger partial charge in [0.2, 0.25) is 0 Å². The summed E-state index contributed by atoms with van der Waals surface area (Å²) in [4.78, 5) is 12.3. The molecule has 0 spiro atoms. The van der Waals surface area contributed by atoms with Gasteiger partial charge in [0.05, 0.1) is 13.0 Å². The van der Waals surface area contributed by atoms with E-state index in [0.717, 1.165) is 11.3 Å². The minimum Gasteiger partial charge on any atom is -0.496 e. The summed E-state index contributed by atoms with van der Waals surface area (Å²) in [7, 11) is 1.62. The highest BCUT2D eigenvalue weighted by Crippen LogP contribution is 2.59. The molecule has 3 heteroatoms. The van der Waals surface area contributed by atoms with Gasteiger partial charge in [-0.3, -0.25) is 4.79 Å². The highest BCUT2D eigenvalue weighted by atomic mass is 16.5. The molecule has 0 amide bonds. The normalized spacial score (nSPS) is 22.3. The number of hydrogen-bond donors (Lipinski definition) is 0. The molecule has 0 bridgehead atoms. The fourth-order valence-electron chi connectivity index (χ4n) is 2.86. The number of methoxy groups -OCH3 is 1. The topological polar surface area (TPSA) is 35.5 Å². The van der Waals surface area contributed by atoms with Gasteiger partial charge < -0.3 is 9.47 Å². The smallest absolute Gasteiger partial charge is 0.310 e. The molecule has 0 aromatic heterocycles. The lowest BCUT2D eigenvalue weighted by atomic mass is 10.1. The van der Waals surface area contributed by atoms with Crippen LogP contribution in [-0.2, 0) is 16.1 Å². The fourth-order valence-corrected chi connectivity index (χ4v) is 2.86. The van der Waals surface area contributed by atoms with E-state index in [-0.39, 0.29) is 29.8 Å². The molecule has 1 aromatic rings. The summed E-state index contributed by atoms with van der Waals surface area (Å²) in [6, 6.07) is 7.60. The van der Waals surface area contributed by atoms with Gasteiger partial charge in [0.1, 0.15) is 12.4 Å².